The minimum Gasteiger partial charge on any atom is -0.489 e. The van der Waals surface area contributed by atoms with Crippen molar-refractivity contribution in [1.29, 1.82) is 0 Å². The molecule has 1 N–H and O–H groups in total. The summed E-state index contributed by atoms with van der Waals surface area (Å²) in [5.74, 6) is 1.81. The van der Waals surface area contributed by atoms with E-state index in [2.05, 4.69) is 10.5 Å². The fraction of sp³-hybridized carbons (Fsp3) is 0.207. The van der Waals surface area contributed by atoms with Crippen molar-refractivity contribution in [2.75, 3.05) is 18.5 Å². The number of hydrogen-bond donors (Lipinski definition) is 1. The molecule has 2 aromatic heterocycles. The predicted octanol–water partition coefficient (Wildman–Crippen LogP) is 5.29. The molecule has 11 heteroatoms. The van der Waals surface area contributed by atoms with Crippen LogP contribution in [0.4, 0.5) is 10.1 Å². The molecule has 9 nitrogen and oxygen atoms in total. The molecule has 0 amide bonds. The van der Waals surface area contributed by atoms with E-state index in [4.69, 9.17) is 23.7 Å². The first-order valence-electron chi connectivity index (χ1n) is 12.5. The van der Waals surface area contributed by atoms with Crippen molar-refractivity contribution in [3.8, 4) is 28.7 Å². The summed E-state index contributed by atoms with van der Waals surface area (Å²) in [6, 6.07) is 17.7. The van der Waals surface area contributed by atoms with Crippen molar-refractivity contribution in [3.63, 3.8) is 0 Å². The molecule has 3 aromatic carbocycles. The molecule has 1 radical (unpaired) electrons. The topological polar surface area (TPSA) is 101 Å². The van der Waals surface area contributed by atoms with E-state index in [0.717, 1.165) is 22.5 Å². The van der Waals surface area contributed by atoms with Gasteiger partial charge in [-0.1, -0.05) is 17.3 Å². The van der Waals surface area contributed by atoms with E-state index >= 15 is 0 Å². The first kappa shape index (κ1) is 26.4. The fourth-order valence-electron chi connectivity index (χ4n) is 5.23. The Labute approximate surface area is 250 Å². The van der Waals surface area contributed by atoms with Crippen LogP contribution in [0.2, 0.25) is 0 Å². The molecule has 5 aromatic rings. The van der Waals surface area contributed by atoms with Crippen LogP contribution >= 0.6 is 0 Å². The van der Waals surface area contributed by atoms with Crippen LogP contribution in [-0.4, -0.2) is 63.4 Å². The Hall–Kier alpha value is -3.86. The molecule has 197 valence electrons. The van der Waals surface area contributed by atoms with Gasteiger partial charge >= 0.3 is 5.97 Å². The number of ether oxygens (including phenoxy) is 3. The number of nitrogens with one attached hydrogen (secondary N) is 1. The molecular weight excluding hydrogens is 526 g/mol. The summed E-state index contributed by atoms with van der Waals surface area (Å²) in [7, 11) is 0. The van der Waals surface area contributed by atoms with E-state index in [1.54, 1.807) is 12.1 Å². The number of nitrogens with zero attached hydrogens (tertiary/aromatic N) is 3. The molecule has 0 saturated heterocycles. The third-order valence-corrected chi connectivity index (χ3v) is 6.91. The first-order chi connectivity index (χ1) is 18.9. The smallest absolute Gasteiger partial charge is 0.303 e. The Morgan fingerprint density at radius 2 is 1.95 bits per heavy atom. The maximum absolute atomic E-state index is 14.4. The van der Waals surface area contributed by atoms with Gasteiger partial charge in [-0.2, -0.15) is 0 Å². The zero-order chi connectivity index (χ0) is 26.7. The predicted molar refractivity (Wildman–Crippen MR) is 145 cm³/mol. The SMILES string of the molecule is CC(=O)O[C@@H]1COc2cc(N[C@@H]3COc4c3cccc4-n3c(-c4cc(C)on4)nc4ccc(F)cc43)ccc21.[Na]. The summed E-state index contributed by atoms with van der Waals surface area (Å²) in [5.41, 5.74) is 5.13. The standard InChI is InChI=1S/C29H23FN4O5.Na/c1-15-10-22(33-39-15)29-32-21-9-6-17(30)11-25(21)34(29)24-5-3-4-19-23(13-37-28(19)24)31-18-7-8-20-26(12-18)36-14-27(20)38-16(2)35;/h3-12,23,27,31H,13-14H2,1-2H3;/t23-,27-;/m1./s1. The minimum atomic E-state index is -0.401. The van der Waals surface area contributed by atoms with Gasteiger partial charge in [0.1, 0.15) is 42.0 Å². The monoisotopic (exact) mass is 549 g/mol. The normalized spacial score (nSPS) is 17.0. The minimum absolute atomic E-state index is 0. The molecule has 2 aliphatic rings. The van der Waals surface area contributed by atoms with Crippen LogP contribution in [-0.2, 0) is 9.53 Å². The van der Waals surface area contributed by atoms with Gasteiger partial charge in [0.05, 0.1) is 22.8 Å². The maximum Gasteiger partial charge on any atom is 0.303 e. The van der Waals surface area contributed by atoms with Crippen molar-refractivity contribution in [2.45, 2.75) is 26.0 Å². The van der Waals surface area contributed by atoms with E-state index in [0.29, 0.717) is 53.0 Å². The summed E-state index contributed by atoms with van der Waals surface area (Å²) in [4.78, 5) is 16.1. The summed E-state index contributed by atoms with van der Waals surface area (Å²) in [6.45, 7) is 3.88. The van der Waals surface area contributed by atoms with Crippen LogP contribution in [0, 0.1) is 12.7 Å². The molecule has 0 spiro atoms. The van der Waals surface area contributed by atoms with E-state index in [-0.39, 0.29) is 47.4 Å². The van der Waals surface area contributed by atoms with Crippen LogP contribution in [0.25, 0.3) is 28.2 Å². The zero-order valence-corrected chi connectivity index (χ0v) is 24.1. The molecule has 0 bridgehead atoms. The van der Waals surface area contributed by atoms with Crippen LogP contribution in [0.5, 0.6) is 11.5 Å². The molecule has 2 atom stereocenters. The molecule has 0 unspecified atom stereocenters. The number of aryl methyl sites for hydroxylation is 1. The number of carbonyl (C=O) groups is 1. The number of hydrogen-bond acceptors (Lipinski definition) is 8. The van der Waals surface area contributed by atoms with E-state index in [1.165, 1.54) is 19.1 Å². The zero-order valence-electron chi connectivity index (χ0n) is 22.1. The second-order valence-electron chi connectivity index (χ2n) is 9.59. The van der Waals surface area contributed by atoms with Gasteiger partial charge in [-0.15, -0.1) is 0 Å². The van der Waals surface area contributed by atoms with Gasteiger partial charge in [-0.3, -0.25) is 9.36 Å². The quantitative estimate of drug-likeness (QED) is 0.233. The molecule has 0 aliphatic carbocycles. The van der Waals surface area contributed by atoms with Gasteiger partial charge in [0, 0.05) is 71.5 Å². The number of halogens is 1. The number of anilines is 1. The maximum atomic E-state index is 14.4. The number of imidazole rings is 1. The molecule has 0 fully saturated rings. The Kier molecular flexibility index (Phi) is 6.77. The Morgan fingerprint density at radius 3 is 2.75 bits per heavy atom. The van der Waals surface area contributed by atoms with E-state index < -0.39 is 6.10 Å². The molecule has 4 heterocycles. The first-order valence-corrected chi connectivity index (χ1v) is 12.5. The van der Waals surface area contributed by atoms with Gasteiger partial charge < -0.3 is 24.1 Å². The van der Waals surface area contributed by atoms with Gasteiger partial charge in [0.15, 0.2) is 11.9 Å². The second-order valence-corrected chi connectivity index (χ2v) is 9.59. The van der Waals surface area contributed by atoms with E-state index in [1.807, 2.05) is 47.9 Å². The van der Waals surface area contributed by atoms with Gasteiger partial charge in [-0.25, -0.2) is 9.37 Å². The van der Waals surface area contributed by atoms with Crippen LogP contribution in [0.1, 0.15) is 36.0 Å². The Bertz CT molecular complexity index is 1770. The molecule has 40 heavy (non-hydrogen) atoms. The number of benzene rings is 3. The van der Waals surface area contributed by atoms with Crippen LogP contribution in [0.15, 0.2) is 65.2 Å². The van der Waals surface area contributed by atoms with E-state index in [9.17, 15) is 9.18 Å². The third kappa shape index (κ3) is 4.51. The summed E-state index contributed by atoms with van der Waals surface area (Å²) >= 11 is 0. The van der Waals surface area contributed by atoms with Gasteiger partial charge in [0.25, 0.3) is 0 Å². The van der Waals surface area contributed by atoms with Crippen LogP contribution < -0.4 is 14.8 Å². The number of esters is 1. The Balaban J connectivity index is 0.00000289. The molecule has 7 rings (SSSR count). The molecule has 2 aliphatic heterocycles. The summed E-state index contributed by atoms with van der Waals surface area (Å²) < 4.78 is 38.9. The third-order valence-electron chi connectivity index (χ3n) is 6.91. The Morgan fingerprint density at radius 1 is 1.07 bits per heavy atom. The number of carbonyl (C=O) groups excluding carboxylic acids is 1. The van der Waals surface area contributed by atoms with Crippen molar-refractivity contribution >= 4 is 52.2 Å². The van der Waals surface area contributed by atoms with Gasteiger partial charge in [0.2, 0.25) is 0 Å². The number of para-hydroxylation sites is 1. The number of aromatic nitrogens is 3. The average molecular weight is 550 g/mol. The van der Waals surface area contributed by atoms with Crippen LogP contribution in [0.3, 0.4) is 0 Å². The summed E-state index contributed by atoms with van der Waals surface area (Å²) in [6.07, 6.45) is -0.401. The average Bonchev–Trinajstić information content (AvgIpc) is 3.69. The molecule has 0 saturated carbocycles. The van der Waals surface area contributed by atoms with Gasteiger partial charge in [-0.05, 0) is 37.3 Å². The number of rotatable bonds is 5. The fourth-order valence-corrected chi connectivity index (χ4v) is 5.23. The van der Waals surface area contributed by atoms with Crippen molar-refractivity contribution in [2.24, 2.45) is 0 Å². The van der Waals surface area contributed by atoms with Crippen molar-refractivity contribution in [3.05, 3.63) is 83.4 Å². The largest absolute Gasteiger partial charge is 0.489 e. The summed E-state index contributed by atoms with van der Waals surface area (Å²) in [5, 5.41) is 7.68. The van der Waals surface area contributed by atoms with Crippen molar-refractivity contribution in [1.82, 2.24) is 14.7 Å². The number of fused-ring (bicyclic) bond motifs is 3. The second kappa shape index (κ2) is 10.3. The van der Waals surface area contributed by atoms with Crippen molar-refractivity contribution < 1.29 is 27.9 Å². The molecular formula is C29H23FN4NaO5.